The number of halogens is 1. The zero-order valence-corrected chi connectivity index (χ0v) is 18.3. The monoisotopic (exact) mass is 472 g/mol. The van der Waals surface area contributed by atoms with Gasteiger partial charge in [-0.2, -0.15) is 0 Å². The minimum absolute atomic E-state index is 0.0164. The average molecular weight is 473 g/mol. The van der Waals surface area contributed by atoms with Gasteiger partial charge in [0.25, 0.3) is 5.91 Å². The van der Waals surface area contributed by atoms with Crippen LogP contribution in [0, 0.1) is 12.8 Å². The molecule has 1 aliphatic heterocycles. The Morgan fingerprint density at radius 3 is 2.69 bits per heavy atom. The van der Waals surface area contributed by atoms with E-state index in [0.717, 1.165) is 0 Å². The van der Waals surface area contributed by atoms with Crippen LogP contribution in [0.2, 0.25) is 0 Å². The molecule has 0 radical (unpaired) electrons. The lowest BCUT2D eigenvalue weighted by Gasteiger charge is -2.23. The minimum Gasteiger partial charge on any atom is -0.491 e. The summed E-state index contributed by atoms with van der Waals surface area (Å²) in [5.74, 6) is -2.70. The van der Waals surface area contributed by atoms with Crippen LogP contribution in [-0.2, 0) is 19.1 Å². The van der Waals surface area contributed by atoms with E-state index in [-0.39, 0.29) is 11.4 Å². The molecule has 1 fully saturated rings. The summed E-state index contributed by atoms with van der Waals surface area (Å²) in [6.45, 7) is 6.64. The van der Waals surface area contributed by atoms with Crippen molar-refractivity contribution in [3.05, 3.63) is 21.9 Å². The van der Waals surface area contributed by atoms with E-state index >= 15 is 0 Å². The molecule has 10 heteroatoms. The highest BCUT2D eigenvalue weighted by molar-refractivity contribution is 9.10. The van der Waals surface area contributed by atoms with Gasteiger partial charge in [-0.15, -0.1) is 0 Å². The Hall–Kier alpha value is -2.20. The number of pyridine rings is 1. The van der Waals surface area contributed by atoms with Crippen LogP contribution in [0.3, 0.4) is 0 Å². The second-order valence-electron chi connectivity index (χ2n) is 6.68. The standard InChI is InChI=1S/C19H25BrN2O7/c1-5-11-15(23)10(4)29-19(26)12(8-28-18(11)25)21-17(24)14-16(27-6-2)9(3)7-13(20)22-14/h7,10-12,15,23H,5-6,8H2,1-4H3,(H,21,24). The van der Waals surface area contributed by atoms with Gasteiger partial charge in [-0.25, -0.2) is 9.78 Å². The van der Waals surface area contributed by atoms with E-state index < -0.39 is 48.6 Å². The molecule has 0 bridgehead atoms. The van der Waals surface area contributed by atoms with Gasteiger partial charge < -0.3 is 24.6 Å². The van der Waals surface area contributed by atoms with Crippen molar-refractivity contribution < 1.29 is 33.7 Å². The summed E-state index contributed by atoms with van der Waals surface area (Å²) in [5, 5.41) is 12.7. The van der Waals surface area contributed by atoms with Crippen LogP contribution in [0.15, 0.2) is 10.7 Å². The van der Waals surface area contributed by atoms with Gasteiger partial charge in [-0.3, -0.25) is 9.59 Å². The van der Waals surface area contributed by atoms with Crippen molar-refractivity contribution in [3.8, 4) is 5.75 Å². The molecule has 1 saturated heterocycles. The first-order chi connectivity index (χ1) is 13.7. The van der Waals surface area contributed by atoms with Crippen molar-refractivity contribution in [2.75, 3.05) is 13.2 Å². The number of carbonyl (C=O) groups is 3. The summed E-state index contributed by atoms with van der Waals surface area (Å²) in [4.78, 5) is 41.7. The minimum atomic E-state index is -1.26. The molecule has 1 aromatic heterocycles. The molecule has 0 aliphatic carbocycles. The summed E-state index contributed by atoms with van der Waals surface area (Å²) in [5.41, 5.74) is 0.669. The third-order valence-electron chi connectivity index (χ3n) is 4.55. The lowest BCUT2D eigenvalue weighted by molar-refractivity contribution is -0.159. The molecular weight excluding hydrogens is 448 g/mol. The molecule has 4 unspecified atom stereocenters. The molecule has 2 heterocycles. The summed E-state index contributed by atoms with van der Waals surface area (Å²) in [7, 11) is 0. The molecule has 2 rings (SSSR count). The summed E-state index contributed by atoms with van der Waals surface area (Å²) >= 11 is 3.24. The van der Waals surface area contributed by atoms with E-state index in [2.05, 4.69) is 26.2 Å². The fraction of sp³-hybridized carbons (Fsp3) is 0.579. The van der Waals surface area contributed by atoms with Crippen molar-refractivity contribution in [1.82, 2.24) is 10.3 Å². The van der Waals surface area contributed by atoms with Gasteiger partial charge in [0, 0.05) is 0 Å². The van der Waals surface area contributed by atoms with Gasteiger partial charge in [0.05, 0.1) is 12.5 Å². The molecule has 4 atom stereocenters. The highest BCUT2D eigenvalue weighted by Crippen LogP contribution is 2.25. The average Bonchev–Trinajstić information content (AvgIpc) is 2.69. The van der Waals surface area contributed by atoms with E-state index in [9.17, 15) is 19.5 Å². The number of rotatable bonds is 5. The van der Waals surface area contributed by atoms with Gasteiger partial charge >= 0.3 is 11.9 Å². The number of esters is 2. The van der Waals surface area contributed by atoms with E-state index in [1.54, 1.807) is 26.8 Å². The number of carbonyl (C=O) groups excluding carboxylic acids is 3. The maximum Gasteiger partial charge on any atom is 0.332 e. The second kappa shape index (κ2) is 10.0. The fourth-order valence-corrected chi connectivity index (χ4v) is 3.50. The van der Waals surface area contributed by atoms with Crippen LogP contribution in [0.4, 0.5) is 0 Å². The Bertz CT molecular complexity index is 786. The number of aliphatic hydroxyl groups is 1. The Balaban J connectivity index is 2.27. The molecule has 1 aromatic rings. The highest BCUT2D eigenvalue weighted by Gasteiger charge is 2.38. The molecule has 29 heavy (non-hydrogen) atoms. The third-order valence-corrected chi connectivity index (χ3v) is 4.96. The normalized spacial score (nSPS) is 25.2. The smallest absolute Gasteiger partial charge is 0.332 e. The third kappa shape index (κ3) is 5.45. The molecule has 1 aliphatic rings. The quantitative estimate of drug-likeness (QED) is 0.488. The van der Waals surface area contributed by atoms with E-state index in [0.29, 0.717) is 23.2 Å². The van der Waals surface area contributed by atoms with Crippen LogP contribution in [-0.4, -0.2) is 59.4 Å². The van der Waals surface area contributed by atoms with Crippen LogP contribution in [0.5, 0.6) is 5.75 Å². The zero-order valence-electron chi connectivity index (χ0n) is 16.7. The molecule has 0 aromatic carbocycles. The number of aryl methyl sites for hydroxylation is 1. The van der Waals surface area contributed by atoms with Gasteiger partial charge in [0.1, 0.15) is 23.4 Å². The topological polar surface area (TPSA) is 124 Å². The highest BCUT2D eigenvalue weighted by atomic mass is 79.9. The summed E-state index contributed by atoms with van der Waals surface area (Å²) < 4.78 is 16.3. The Labute approximate surface area is 177 Å². The number of aromatic nitrogens is 1. The molecule has 9 nitrogen and oxygen atoms in total. The Kier molecular flexibility index (Phi) is 7.97. The number of nitrogens with zero attached hydrogens (tertiary/aromatic N) is 1. The number of cyclic esters (lactones) is 2. The summed E-state index contributed by atoms with van der Waals surface area (Å²) in [6.07, 6.45) is -1.83. The van der Waals surface area contributed by atoms with Crippen molar-refractivity contribution in [2.24, 2.45) is 5.92 Å². The second-order valence-corrected chi connectivity index (χ2v) is 7.49. The largest absolute Gasteiger partial charge is 0.491 e. The molecule has 0 spiro atoms. The van der Waals surface area contributed by atoms with E-state index in [1.165, 1.54) is 6.92 Å². The number of aliphatic hydroxyl groups excluding tert-OH is 1. The number of amides is 1. The van der Waals surface area contributed by atoms with Crippen molar-refractivity contribution in [2.45, 2.75) is 52.4 Å². The van der Waals surface area contributed by atoms with Crippen molar-refractivity contribution in [3.63, 3.8) is 0 Å². The predicted molar refractivity (Wildman–Crippen MR) is 105 cm³/mol. The van der Waals surface area contributed by atoms with E-state index in [1.807, 2.05) is 0 Å². The molecule has 1 amide bonds. The number of hydrogen-bond acceptors (Lipinski definition) is 8. The van der Waals surface area contributed by atoms with Crippen LogP contribution in [0.25, 0.3) is 0 Å². The van der Waals surface area contributed by atoms with E-state index in [4.69, 9.17) is 14.2 Å². The summed E-state index contributed by atoms with van der Waals surface area (Å²) in [6, 6.07) is 0.443. The molecule has 0 saturated carbocycles. The zero-order chi connectivity index (χ0) is 21.7. The predicted octanol–water partition coefficient (Wildman–Crippen LogP) is 1.53. The fourth-order valence-electron chi connectivity index (χ4n) is 2.98. The first-order valence-corrected chi connectivity index (χ1v) is 10.1. The van der Waals surface area contributed by atoms with Crippen LogP contribution in [0.1, 0.15) is 43.2 Å². The maximum atomic E-state index is 12.8. The van der Waals surface area contributed by atoms with Gasteiger partial charge in [0.15, 0.2) is 17.5 Å². The first kappa shape index (κ1) is 23.1. The molecule has 160 valence electrons. The van der Waals surface area contributed by atoms with Crippen molar-refractivity contribution in [1.29, 1.82) is 0 Å². The van der Waals surface area contributed by atoms with Crippen LogP contribution >= 0.6 is 15.9 Å². The van der Waals surface area contributed by atoms with Crippen LogP contribution < -0.4 is 10.1 Å². The number of ether oxygens (including phenoxy) is 3. The molecule has 2 N–H and O–H groups in total. The first-order valence-electron chi connectivity index (χ1n) is 9.35. The SMILES string of the molecule is CCOc1c(C)cc(Br)nc1C(=O)NC1COC(=O)C(CC)C(O)C(C)OC1=O. The van der Waals surface area contributed by atoms with Gasteiger partial charge in [-0.05, 0) is 54.8 Å². The Morgan fingerprint density at radius 2 is 2.07 bits per heavy atom. The Morgan fingerprint density at radius 1 is 1.38 bits per heavy atom. The van der Waals surface area contributed by atoms with Gasteiger partial charge in [0.2, 0.25) is 0 Å². The lowest BCUT2D eigenvalue weighted by atomic mass is 9.96. The molecular formula is C19H25BrN2O7. The van der Waals surface area contributed by atoms with Crippen molar-refractivity contribution >= 4 is 33.8 Å². The number of nitrogens with one attached hydrogen (secondary N) is 1. The lowest BCUT2D eigenvalue weighted by Crippen LogP contribution is -2.46. The maximum absolute atomic E-state index is 12.8. The number of hydrogen-bond donors (Lipinski definition) is 2. The van der Waals surface area contributed by atoms with Gasteiger partial charge in [-0.1, -0.05) is 6.92 Å².